The minimum absolute atomic E-state index is 0.0826. The Kier molecular flexibility index (Phi) is 4.60. The number of anilines is 1. The zero-order valence-electron chi connectivity index (χ0n) is 15.1. The minimum atomic E-state index is -0.0826. The number of hydrogen-bond donors (Lipinski definition) is 1. The van der Waals surface area contributed by atoms with E-state index in [1.807, 2.05) is 0 Å². The van der Waals surface area contributed by atoms with Gasteiger partial charge < -0.3 is 15.1 Å². The summed E-state index contributed by atoms with van der Waals surface area (Å²) in [6, 6.07) is 0. The second kappa shape index (κ2) is 6.88. The molecule has 3 aliphatic rings. The first kappa shape index (κ1) is 16.7. The topological polar surface area (TPSA) is 64.6 Å². The number of nitrogens with one attached hydrogen (secondary N) is 1. The summed E-state index contributed by atoms with van der Waals surface area (Å²) in [5.41, 5.74) is 1.10. The van der Waals surface area contributed by atoms with Crippen molar-refractivity contribution in [3.8, 4) is 0 Å². The highest BCUT2D eigenvalue weighted by atomic mass is 16.1. The van der Waals surface area contributed by atoms with Crippen LogP contribution in [0.4, 0.5) is 5.95 Å². The smallest absolute Gasteiger partial charge is 0.254 e. The lowest BCUT2D eigenvalue weighted by Crippen LogP contribution is -2.46. The maximum atomic E-state index is 12.3. The van der Waals surface area contributed by atoms with Gasteiger partial charge in [0.1, 0.15) is 0 Å². The zero-order valence-corrected chi connectivity index (χ0v) is 15.1. The number of carbonyl (C=O) groups excluding carboxylic acids is 1. The number of carbonyl (C=O) groups is 1. The largest absolute Gasteiger partial charge is 0.351 e. The van der Waals surface area contributed by atoms with Crippen LogP contribution in [0.25, 0.3) is 0 Å². The molecular formula is C18H28N6O. The first-order valence-electron chi connectivity index (χ1n) is 9.40. The number of amides is 1. The third-order valence-corrected chi connectivity index (χ3v) is 5.89. The Labute approximate surface area is 149 Å². The Balaban J connectivity index is 1.23. The van der Waals surface area contributed by atoms with Crippen molar-refractivity contribution in [3.63, 3.8) is 0 Å². The van der Waals surface area contributed by atoms with E-state index in [0.717, 1.165) is 51.8 Å². The second-order valence-electron chi connectivity index (χ2n) is 7.84. The van der Waals surface area contributed by atoms with Crippen molar-refractivity contribution in [2.75, 3.05) is 64.3 Å². The maximum absolute atomic E-state index is 12.3. The van der Waals surface area contributed by atoms with E-state index in [9.17, 15) is 4.79 Å². The van der Waals surface area contributed by atoms with Gasteiger partial charge in [0, 0.05) is 64.8 Å². The van der Waals surface area contributed by atoms with E-state index in [-0.39, 0.29) is 5.91 Å². The van der Waals surface area contributed by atoms with Gasteiger partial charge >= 0.3 is 0 Å². The van der Waals surface area contributed by atoms with Gasteiger partial charge in [0.2, 0.25) is 5.95 Å². The van der Waals surface area contributed by atoms with Crippen molar-refractivity contribution >= 4 is 11.9 Å². The van der Waals surface area contributed by atoms with E-state index in [4.69, 9.17) is 0 Å². The van der Waals surface area contributed by atoms with Crippen LogP contribution in [0.3, 0.4) is 0 Å². The normalized spacial score (nSPS) is 23.2. The van der Waals surface area contributed by atoms with Crippen LogP contribution in [-0.4, -0.2) is 85.1 Å². The Hall–Kier alpha value is -1.73. The van der Waals surface area contributed by atoms with E-state index in [1.54, 1.807) is 12.4 Å². The first-order chi connectivity index (χ1) is 12.1. The van der Waals surface area contributed by atoms with Gasteiger partial charge in [-0.1, -0.05) is 0 Å². The predicted octanol–water partition coefficient (Wildman–Crippen LogP) is 0.444. The molecule has 0 radical (unpaired) electrons. The van der Waals surface area contributed by atoms with Crippen LogP contribution in [0.1, 0.15) is 29.6 Å². The molecule has 1 amide bonds. The van der Waals surface area contributed by atoms with Crippen LogP contribution < -0.4 is 10.2 Å². The van der Waals surface area contributed by atoms with Crippen LogP contribution in [0.15, 0.2) is 12.4 Å². The Morgan fingerprint density at radius 2 is 1.84 bits per heavy atom. The molecule has 4 rings (SSSR count). The lowest BCUT2D eigenvalue weighted by molar-refractivity contribution is 0.0940. The van der Waals surface area contributed by atoms with Crippen molar-refractivity contribution in [3.05, 3.63) is 18.0 Å². The highest BCUT2D eigenvalue weighted by molar-refractivity contribution is 5.93. The number of rotatable bonds is 5. The number of aromatic nitrogens is 2. The molecule has 1 aliphatic carbocycles. The van der Waals surface area contributed by atoms with E-state index in [1.165, 1.54) is 19.3 Å². The van der Waals surface area contributed by atoms with Crippen molar-refractivity contribution < 1.29 is 4.79 Å². The lowest BCUT2D eigenvalue weighted by Gasteiger charge is -2.32. The molecule has 3 heterocycles. The van der Waals surface area contributed by atoms with Crippen LogP contribution in [0, 0.1) is 5.41 Å². The Morgan fingerprint density at radius 3 is 2.48 bits per heavy atom. The van der Waals surface area contributed by atoms with Gasteiger partial charge in [-0.3, -0.25) is 9.69 Å². The zero-order chi connectivity index (χ0) is 17.3. The minimum Gasteiger partial charge on any atom is -0.351 e. The summed E-state index contributed by atoms with van der Waals surface area (Å²) in [4.78, 5) is 28.1. The molecule has 1 N–H and O–H groups in total. The number of hydrogen-bond acceptors (Lipinski definition) is 6. The molecular weight excluding hydrogens is 316 g/mol. The van der Waals surface area contributed by atoms with Crippen molar-refractivity contribution in [2.45, 2.75) is 19.3 Å². The SMILES string of the molecule is CN1CCN(CCNC(=O)c2cnc(N3CCC4(CC4)C3)nc2)CC1. The molecule has 1 saturated carbocycles. The summed E-state index contributed by atoms with van der Waals surface area (Å²) in [5, 5.41) is 2.98. The van der Waals surface area contributed by atoms with Crippen LogP contribution in [0.5, 0.6) is 0 Å². The molecule has 3 fully saturated rings. The Bertz CT molecular complexity index is 606. The highest BCUT2D eigenvalue weighted by Crippen LogP contribution is 2.52. The summed E-state index contributed by atoms with van der Waals surface area (Å²) in [6.45, 7) is 8.01. The fourth-order valence-corrected chi connectivity index (χ4v) is 3.79. The van der Waals surface area contributed by atoms with E-state index < -0.39 is 0 Å². The summed E-state index contributed by atoms with van der Waals surface area (Å²) < 4.78 is 0. The second-order valence-corrected chi connectivity index (χ2v) is 7.84. The number of likely N-dealkylation sites (N-methyl/N-ethyl adjacent to an activating group) is 1. The standard InChI is InChI=1S/C18H28N6O/c1-22-8-10-23(11-9-22)7-5-19-16(25)15-12-20-17(21-13-15)24-6-4-18(14-24)2-3-18/h12-13H,2-11,14H2,1H3,(H,19,25). The van der Waals surface area contributed by atoms with Crippen molar-refractivity contribution in [1.82, 2.24) is 25.1 Å². The molecule has 0 unspecified atom stereocenters. The van der Waals surface area contributed by atoms with E-state index >= 15 is 0 Å². The molecule has 2 aliphatic heterocycles. The maximum Gasteiger partial charge on any atom is 0.254 e. The summed E-state index contributed by atoms with van der Waals surface area (Å²) in [5.74, 6) is 0.679. The summed E-state index contributed by atoms with van der Waals surface area (Å²) in [7, 11) is 2.15. The van der Waals surface area contributed by atoms with Crippen molar-refractivity contribution in [1.29, 1.82) is 0 Å². The van der Waals surface area contributed by atoms with Gasteiger partial charge in [0.25, 0.3) is 5.91 Å². The average Bonchev–Trinajstić information content (AvgIpc) is 3.26. The average molecular weight is 344 g/mol. The molecule has 0 atom stereocenters. The molecule has 1 aromatic heterocycles. The van der Waals surface area contributed by atoms with Gasteiger partial charge in [0.15, 0.2) is 0 Å². The molecule has 25 heavy (non-hydrogen) atoms. The van der Waals surface area contributed by atoms with Crippen molar-refractivity contribution in [2.24, 2.45) is 5.41 Å². The van der Waals surface area contributed by atoms with Gasteiger partial charge in [-0.2, -0.15) is 0 Å². The van der Waals surface area contributed by atoms with Gasteiger partial charge in [0.05, 0.1) is 5.56 Å². The molecule has 1 spiro atoms. The first-order valence-corrected chi connectivity index (χ1v) is 9.40. The third kappa shape index (κ3) is 3.93. The van der Waals surface area contributed by atoms with Crippen LogP contribution in [-0.2, 0) is 0 Å². The number of piperazine rings is 1. The quantitative estimate of drug-likeness (QED) is 0.836. The van der Waals surface area contributed by atoms with E-state index in [0.29, 0.717) is 17.5 Å². The summed E-state index contributed by atoms with van der Waals surface area (Å²) in [6.07, 6.45) is 7.26. The predicted molar refractivity (Wildman–Crippen MR) is 96.8 cm³/mol. The highest BCUT2D eigenvalue weighted by Gasteiger charge is 2.48. The monoisotopic (exact) mass is 344 g/mol. The fourth-order valence-electron chi connectivity index (χ4n) is 3.79. The fraction of sp³-hybridized carbons (Fsp3) is 0.722. The molecule has 7 heteroatoms. The lowest BCUT2D eigenvalue weighted by atomic mass is 10.1. The molecule has 7 nitrogen and oxygen atoms in total. The summed E-state index contributed by atoms with van der Waals surface area (Å²) >= 11 is 0. The van der Waals surface area contributed by atoms with Crippen LogP contribution >= 0.6 is 0 Å². The molecule has 0 aromatic carbocycles. The number of nitrogens with zero attached hydrogens (tertiary/aromatic N) is 5. The van der Waals surface area contributed by atoms with Crippen LogP contribution in [0.2, 0.25) is 0 Å². The molecule has 1 aromatic rings. The van der Waals surface area contributed by atoms with Gasteiger partial charge in [-0.15, -0.1) is 0 Å². The molecule has 0 bridgehead atoms. The van der Waals surface area contributed by atoms with Gasteiger partial charge in [-0.25, -0.2) is 9.97 Å². The molecule has 2 saturated heterocycles. The van der Waals surface area contributed by atoms with Gasteiger partial charge in [-0.05, 0) is 31.7 Å². The third-order valence-electron chi connectivity index (χ3n) is 5.89. The Morgan fingerprint density at radius 1 is 1.12 bits per heavy atom. The molecule has 136 valence electrons. The van der Waals surface area contributed by atoms with E-state index in [2.05, 4.69) is 37.0 Å².